The number of hydrogen-bond donors (Lipinski definition) is 2. The molecule has 0 radical (unpaired) electrons. The van der Waals surface area contributed by atoms with Gasteiger partial charge in [0.2, 0.25) is 5.91 Å². The number of carbonyl (C=O) groups is 2. The third-order valence-corrected chi connectivity index (χ3v) is 8.56. The predicted octanol–water partition coefficient (Wildman–Crippen LogP) is 5.12. The van der Waals surface area contributed by atoms with E-state index < -0.39 is 0 Å². The molecule has 0 spiro atoms. The lowest BCUT2D eigenvalue weighted by Gasteiger charge is -2.16. The molecule has 2 N–H and O–H groups in total. The van der Waals surface area contributed by atoms with Crippen LogP contribution >= 0.6 is 0 Å². The van der Waals surface area contributed by atoms with Crippen LogP contribution in [0.5, 0.6) is 0 Å². The minimum absolute atomic E-state index is 0.0204. The van der Waals surface area contributed by atoms with Crippen LogP contribution in [0, 0.1) is 11.3 Å². The van der Waals surface area contributed by atoms with Crippen molar-refractivity contribution in [3.8, 4) is 11.3 Å². The maximum Gasteiger partial charge on any atom is 0.256 e. The van der Waals surface area contributed by atoms with Gasteiger partial charge in [-0.1, -0.05) is 31.2 Å². The highest BCUT2D eigenvalue weighted by molar-refractivity contribution is 6.09. The molecule has 2 aliphatic heterocycles. The Morgan fingerprint density at radius 2 is 1.95 bits per heavy atom. The highest BCUT2D eigenvalue weighted by Gasteiger charge is 2.33. The second-order valence-corrected chi connectivity index (χ2v) is 11.7. The zero-order chi connectivity index (χ0) is 29.9. The first-order chi connectivity index (χ1) is 20.9. The summed E-state index contributed by atoms with van der Waals surface area (Å²) in [6.07, 6.45) is 12.0. The van der Waals surface area contributed by atoms with Gasteiger partial charge in [0.25, 0.3) is 5.91 Å². The number of rotatable bonds is 9. The maximum atomic E-state index is 13.0. The van der Waals surface area contributed by atoms with Gasteiger partial charge in [0.05, 0.1) is 11.6 Å². The molecule has 2 atom stereocenters. The molecule has 2 amide bonds. The van der Waals surface area contributed by atoms with Gasteiger partial charge in [-0.15, -0.1) is 0 Å². The van der Waals surface area contributed by atoms with Gasteiger partial charge in [0.15, 0.2) is 5.82 Å². The van der Waals surface area contributed by atoms with Gasteiger partial charge >= 0.3 is 0 Å². The molecular formula is C33H38N8O2. The van der Waals surface area contributed by atoms with Crippen LogP contribution < -0.4 is 5.32 Å². The summed E-state index contributed by atoms with van der Waals surface area (Å²) in [5, 5.41) is 16.9. The van der Waals surface area contributed by atoms with Crippen molar-refractivity contribution in [1.29, 1.82) is 5.41 Å². The van der Waals surface area contributed by atoms with Crippen molar-refractivity contribution in [2.24, 2.45) is 10.9 Å². The molecular weight excluding hydrogens is 540 g/mol. The number of likely N-dealkylation sites (N-methyl/N-ethyl adjacent to an activating group) is 1. The zero-order valence-electron chi connectivity index (χ0n) is 24.7. The fourth-order valence-corrected chi connectivity index (χ4v) is 5.76. The second kappa shape index (κ2) is 12.4. The average molecular weight is 579 g/mol. The lowest BCUT2D eigenvalue weighted by Crippen LogP contribution is -2.28. The number of amides is 2. The molecule has 6 rings (SSSR count). The predicted molar refractivity (Wildman–Crippen MR) is 168 cm³/mol. The number of hydrogen-bond acceptors (Lipinski definition) is 7. The number of anilines is 1. The van der Waals surface area contributed by atoms with Gasteiger partial charge in [-0.3, -0.25) is 14.5 Å². The van der Waals surface area contributed by atoms with E-state index in [0.717, 1.165) is 30.5 Å². The number of pyridine rings is 1. The summed E-state index contributed by atoms with van der Waals surface area (Å²) in [5.74, 6) is 1.12. The topological polar surface area (TPSA) is 120 Å². The molecule has 43 heavy (non-hydrogen) atoms. The fraction of sp³-hybridized carbons (Fsp3) is 0.394. The van der Waals surface area contributed by atoms with Crippen LogP contribution in [0.2, 0.25) is 0 Å². The summed E-state index contributed by atoms with van der Waals surface area (Å²) < 4.78 is 1.92. The smallest absolute Gasteiger partial charge is 0.256 e. The minimum Gasteiger partial charge on any atom is -0.337 e. The molecule has 3 aromatic rings. The van der Waals surface area contributed by atoms with E-state index in [-0.39, 0.29) is 23.8 Å². The molecule has 1 saturated heterocycles. The number of benzene rings is 1. The number of carbonyl (C=O) groups excluding carboxylic acids is 2. The molecule has 222 valence electrons. The largest absolute Gasteiger partial charge is 0.337 e. The third kappa shape index (κ3) is 6.34. The van der Waals surface area contributed by atoms with Crippen molar-refractivity contribution in [3.63, 3.8) is 0 Å². The van der Waals surface area contributed by atoms with E-state index in [1.807, 2.05) is 40.1 Å². The quantitative estimate of drug-likeness (QED) is 0.342. The second-order valence-electron chi connectivity index (χ2n) is 11.7. The van der Waals surface area contributed by atoms with Crippen molar-refractivity contribution in [2.45, 2.75) is 51.1 Å². The van der Waals surface area contributed by atoms with Crippen LogP contribution in [0.25, 0.3) is 11.3 Å². The van der Waals surface area contributed by atoms with E-state index in [2.05, 4.69) is 29.2 Å². The number of nitrogens with one attached hydrogen (secondary N) is 2. The van der Waals surface area contributed by atoms with Gasteiger partial charge in [0, 0.05) is 61.0 Å². The van der Waals surface area contributed by atoms with Crippen LogP contribution in [0.15, 0.2) is 65.8 Å². The molecule has 1 saturated carbocycles. The van der Waals surface area contributed by atoms with Crippen molar-refractivity contribution < 1.29 is 9.59 Å². The summed E-state index contributed by atoms with van der Waals surface area (Å²) in [5.41, 5.74) is 3.23. The Morgan fingerprint density at radius 1 is 1.14 bits per heavy atom. The van der Waals surface area contributed by atoms with Crippen molar-refractivity contribution in [2.75, 3.05) is 32.0 Å². The lowest BCUT2D eigenvalue weighted by molar-refractivity contribution is -0.125. The molecule has 2 unspecified atom stereocenters. The SMILES string of the molecule is CCC1C=Nc2c(c(-c3ccc(C(=O)Nc4ccccn4)cc3)nn2C2CCN(C(=O)C=CCN(C)C3CC3)C2)C(=N)C1. The van der Waals surface area contributed by atoms with Gasteiger partial charge in [-0.2, -0.15) is 5.10 Å². The Morgan fingerprint density at radius 3 is 2.67 bits per heavy atom. The van der Waals surface area contributed by atoms with E-state index >= 15 is 0 Å². The fourth-order valence-electron chi connectivity index (χ4n) is 5.76. The van der Waals surface area contributed by atoms with E-state index in [1.165, 1.54) is 12.8 Å². The summed E-state index contributed by atoms with van der Waals surface area (Å²) in [6, 6.07) is 13.2. The molecule has 2 fully saturated rings. The number of likely N-dealkylation sites (tertiary alicyclic amines) is 1. The molecule has 3 aliphatic rings. The first-order valence-corrected chi connectivity index (χ1v) is 15.1. The Kier molecular flexibility index (Phi) is 8.29. The molecule has 10 nitrogen and oxygen atoms in total. The standard InChI is InChI=1S/C33H38N8O2/c1-3-22-19-27(34)30-31(23-9-11-24(12-10-23)33(43)37-28-7-4-5-16-35-28)38-41(32(30)36-20-22)26-15-18-40(21-26)29(42)8-6-17-39(2)25-13-14-25/h4-12,16,20,22,25-26,34H,3,13-15,17-19,21H2,1-2H3,(H,35,37,43). The summed E-state index contributed by atoms with van der Waals surface area (Å²) >= 11 is 0. The summed E-state index contributed by atoms with van der Waals surface area (Å²) in [6.45, 7) is 4.08. The lowest BCUT2D eigenvalue weighted by atomic mass is 9.95. The Balaban J connectivity index is 1.24. The molecule has 1 aromatic carbocycles. The van der Waals surface area contributed by atoms with Crippen molar-refractivity contribution in [1.82, 2.24) is 24.6 Å². The first-order valence-electron chi connectivity index (χ1n) is 15.1. The van der Waals surface area contributed by atoms with Gasteiger partial charge in [0.1, 0.15) is 11.5 Å². The summed E-state index contributed by atoms with van der Waals surface area (Å²) in [7, 11) is 2.10. The van der Waals surface area contributed by atoms with E-state index in [9.17, 15) is 9.59 Å². The maximum absolute atomic E-state index is 13.0. The van der Waals surface area contributed by atoms with Crippen molar-refractivity contribution in [3.05, 3.63) is 71.9 Å². The molecule has 0 bridgehead atoms. The Hall–Kier alpha value is -4.44. The number of nitrogens with zero attached hydrogens (tertiary/aromatic N) is 6. The average Bonchev–Trinajstić information content (AvgIpc) is 3.68. The van der Waals surface area contributed by atoms with Crippen LogP contribution in [-0.2, 0) is 4.79 Å². The third-order valence-electron chi connectivity index (χ3n) is 8.56. The highest BCUT2D eigenvalue weighted by atomic mass is 16.2. The minimum atomic E-state index is -0.248. The van der Waals surface area contributed by atoms with Crippen molar-refractivity contribution >= 4 is 35.4 Å². The van der Waals surface area contributed by atoms with Gasteiger partial charge in [-0.05, 0) is 69.3 Å². The molecule has 10 heteroatoms. The van der Waals surface area contributed by atoms with E-state index in [4.69, 9.17) is 15.5 Å². The molecule has 4 heterocycles. The number of fused-ring (bicyclic) bond motifs is 1. The van der Waals surface area contributed by atoms with E-state index in [1.54, 1.807) is 36.5 Å². The highest BCUT2D eigenvalue weighted by Crippen LogP contribution is 2.38. The Bertz CT molecular complexity index is 1560. The summed E-state index contributed by atoms with van der Waals surface area (Å²) in [4.78, 5) is 39.0. The molecule has 2 aromatic heterocycles. The monoisotopic (exact) mass is 578 g/mol. The van der Waals surface area contributed by atoms with Crippen LogP contribution in [0.1, 0.15) is 61.0 Å². The number of aliphatic imine (C=N–C) groups is 1. The van der Waals surface area contributed by atoms with E-state index in [0.29, 0.717) is 54.2 Å². The van der Waals surface area contributed by atoms with Crippen LogP contribution in [0.4, 0.5) is 11.6 Å². The van der Waals surface area contributed by atoms with Crippen LogP contribution in [0.3, 0.4) is 0 Å². The molecule has 1 aliphatic carbocycles. The van der Waals surface area contributed by atoms with Gasteiger partial charge < -0.3 is 15.6 Å². The number of aromatic nitrogens is 3. The zero-order valence-corrected chi connectivity index (χ0v) is 24.7. The first kappa shape index (κ1) is 28.7. The van der Waals surface area contributed by atoms with Gasteiger partial charge in [-0.25, -0.2) is 14.7 Å². The normalized spacial score (nSPS) is 20.1. The Labute approximate surface area is 252 Å². The van der Waals surface area contributed by atoms with Crippen LogP contribution in [-0.4, -0.2) is 81.0 Å².